The van der Waals surface area contributed by atoms with Crippen LogP contribution in [-0.2, 0) is 4.79 Å². The van der Waals surface area contributed by atoms with E-state index in [4.69, 9.17) is 14.0 Å². The Morgan fingerprint density at radius 2 is 2.04 bits per heavy atom. The Morgan fingerprint density at radius 1 is 1.18 bits per heavy atom. The van der Waals surface area contributed by atoms with E-state index in [9.17, 15) is 9.18 Å². The van der Waals surface area contributed by atoms with Gasteiger partial charge in [0.15, 0.2) is 5.82 Å². The number of carbonyl (C=O) groups is 1. The number of aromatic nitrogens is 2. The number of rotatable bonds is 5. The van der Waals surface area contributed by atoms with E-state index in [2.05, 4.69) is 10.1 Å². The number of methoxy groups -OCH3 is 2. The molecule has 2 heterocycles. The first-order chi connectivity index (χ1) is 13.6. The summed E-state index contributed by atoms with van der Waals surface area (Å²) in [4.78, 5) is 18.4. The van der Waals surface area contributed by atoms with E-state index < -0.39 is 0 Å². The molecule has 0 N–H and O–H groups in total. The van der Waals surface area contributed by atoms with Gasteiger partial charge in [-0.05, 0) is 30.3 Å². The minimum Gasteiger partial charge on any atom is -0.497 e. The van der Waals surface area contributed by atoms with Crippen molar-refractivity contribution in [2.45, 2.75) is 12.3 Å². The molecule has 1 aliphatic heterocycles. The highest BCUT2D eigenvalue weighted by atomic mass is 19.1. The number of ether oxygens (including phenoxy) is 2. The van der Waals surface area contributed by atoms with E-state index >= 15 is 0 Å². The van der Waals surface area contributed by atoms with E-state index in [1.165, 1.54) is 17.0 Å². The molecule has 1 saturated heterocycles. The molecular weight excluding hydrogens is 365 g/mol. The van der Waals surface area contributed by atoms with Gasteiger partial charge in [-0.25, -0.2) is 4.39 Å². The molecule has 4 rings (SSSR count). The van der Waals surface area contributed by atoms with Crippen LogP contribution >= 0.6 is 0 Å². The second-order valence-corrected chi connectivity index (χ2v) is 6.41. The summed E-state index contributed by atoms with van der Waals surface area (Å²) in [6.07, 6.45) is 0.231. The molecular formula is C20H18FN3O4. The zero-order chi connectivity index (χ0) is 19.7. The monoisotopic (exact) mass is 383 g/mol. The van der Waals surface area contributed by atoms with Gasteiger partial charge >= 0.3 is 0 Å². The van der Waals surface area contributed by atoms with Gasteiger partial charge in [0.25, 0.3) is 5.89 Å². The topological polar surface area (TPSA) is 77.7 Å². The van der Waals surface area contributed by atoms with Crippen molar-refractivity contribution >= 4 is 11.6 Å². The number of benzene rings is 2. The van der Waals surface area contributed by atoms with Crippen LogP contribution in [0.25, 0.3) is 11.5 Å². The molecule has 0 aliphatic carbocycles. The largest absolute Gasteiger partial charge is 0.497 e. The van der Waals surface area contributed by atoms with Gasteiger partial charge in [0.2, 0.25) is 5.91 Å². The third-order valence-electron chi connectivity index (χ3n) is 4.69. The standard InChI is InChI=1S/C20H18FN3O4/c1-26-15-6-7-16(17(10-15)27-2)20-22-19(23-28-20)12-8-18(25)24(11-12)14-5-3-4-13(21)9-14/h3-7,9-10,12H,8,11H2,1-2H3. The SMILES string of the molecule is COc1ccc(-c2nc(C3CC(=O)N(c4cccc(F)c4)C3)no2)c(OC)c1. The van der Waals surface area contributed by atoms with Gasteiger partial charge in [0, 0.05) is 30.6 Å². The zero-order valence-corrected chi connectivity index (χ0v) is 15.4. The average molecular weight is 383 g/mol. The van der Waals surface area contributed by atoms with Gasteiger partial charge in [-0.15, -0.1) is 0 Å². The lowest BCUT2D eigenvalue weighted by molar-refractivity contribution is -0.117. The van der Waals surface area contributed by atoms with Crippen LogP contribution in [0.1, 0.15) is 18.2 Å². The zero-order valence-electron chi connectivity index (χ0n) is 15.4. The van der Waals surface area contributed by atoms with Gasteiger partial charge in [0.1, 0.15) is 17.3 Å². The van der Waals surface area contributed by atoms with E-state index in [1.807, 2.05) is 0 Å². The molecule has 144 valence electrons. The summed E-state index contributed by atoms with van der Waals surface area (Å²) in [5, 5.41) is 4.05. The summed E-state index contributed by atoms with van der Waals surface area (Å²) in [5.41, 5.74) is 1.15. The number of anilines is 1. The first kappa shape index (κ1) is 18.0. The van der Waals surface area contributed by atoms with Crippen molar-refractivity contribution in [3.05, 3.63) is 54.1 Å². The van der Waals surface area contributed by atoms with Crippen molar-refractivity contribution in [1.82, 2.24) is 10.1 Å². The molecule has 0 spiro atoms. The molecule has 2 aromatic carbocycles. The number of carbonyl (C=O) groups excluding carboxylic acids is 1. The van der Waals surface area contributed by atoms with Crippen LogP contribution in [0, 0.1) is 5.82 Å². The van der Waals surface area contributed by atoms with Crippen LogP contribution in [0.3, 0.4) is 0 Å². The van der Waals surface area contributed by atoms with Crippen LogP contribution in [0.15, 0.2) is 47.0 Å². The second-order valence-electron chi connectivity index (χ2n) is 6.41. The summed E-state index contributed by atoms with van der Waals surface area (Å²) in [6.45, 7) is 0.362. The van der Waals surface area contributed by atoms with E-state index in [1.54, 1.807) is 44.6 Å². The summed E-state index contributed by atoms with van der Waals surface area (Å²) in [6, 6.07) is 11.2. The van der Waals surface area contributed by atoms with Crippen LogP contribution < -0.4 is 14.4 Å². The lowest BCUT2D eigenvalue weighted by Gasteiger charge is -2.15. The Balaban J connectivity index is 1.58. The maximum Gasteiger partial charge on any atom is 0.261 e. The van der Waals surface area contributed by atoms with Gasteiger partial charge in [-0.3, -0.25) is 4.79 Å². The first-order valence-electron chi connectivity index (χ1n) is 8.71. The number of hydrogen-bond donors (Lipinski definition) is 0. The fourth-order valence-corrected chi connectivity index (χ4v) is 3.26. The molecule has 0 radical (unpaired) electrons. The summed E-state index contributed by atoms with van der Waals surface area (Å²) < 4.78 is 29.5. The smallest absolute Gasteiger partial charge is 0.261 e. The van der Waals surface area contributed by atoms with E-state index in [0.717, 1.165) is 0 Å². The van der Waals surface area contributed by atoms with Crippen LogP contribution in [0.2, 0.25) is 0 Å². The lowest BCUT2D eigenvalue weighted by atomic mass is 10.1. The molecule has 1 unspecified atom stereocenters. The Labute approximate surface area is 160 Å². The summed E-state index contributed by atoms with van der Waals surface area (Å²) >= 11 is 0. The maximum atomic E-state index is 13.5. The van der Waals surface area contributed by atoms with Gasteiger partial charge < -0.3 is 18.9 Å². The number of hydrogen-bond acceptors (Lipinski definition) is 6. The molecule has 28 heavy (non-hydrogen) atoms. The Kier molecular flexibility index (Phi) is 4.68. The van der Waals surface area contributed by atoms with Crippen LogP contribution in [0.5, 0.6) is 11.5 Å². The second kappa shape index (κ2) is 7.30. The molecule has 1 aromatic heterocycles. The molecule has 1 aliphatic rings. The van der Waals surface area contributed by atoms with Crippen LogP contribution in [-0.4, -0.2) is 36.8 Å². The Morgan fingerprint density at radius 3 is 2.79 bits per heavy atom. The van der Waals surface area contributed by atoms with Crippen LogP contribution in [0.4, 0.5) is 10.1 Å². The highest BCUT2D eigenvalue weighted by molar-refractivity contribution is 5.96. The van der Waals surface area contributed by atoms with Gasteiger partial charge in [-0.2, -0.15) is 4.98 Å². The van der Waals surface area contributed by atoms with E-state index in [-0.39, 0.29) is 24.1 Å². The first-order valence-corrected chi connectivity index (χ1v) is 8.71. The third kappa shape index (κ3) is 3.28. The van der Waals surface area contributed by atoms with Crippen molar-refractivity contribution in [3.63, 3.8) is 0 Å². The molecule has 0 saturated carbocycles. The summed E-state index contributed by atoms with van der Waals surface area (Å²) in [7, 11) is 3.11. The van der Waals surface area contributed by atoms with E-state index in [0.29, 0.717) is 41.0 Å². The van der Waals surface area contributed by atoms with Crippen molar-refractivity contribution < 1.29 is 23.2 Å². The predicted octanol–water partition coefficient (Wildman–Crippen LogP) is 3.41. The van der Waals surface area contributed by atoms with Crippen molar-refractivity contribution in [2.75, 3.05) is 25.7 Å². The quantitative estimate of drug-likeness (QED) is 0.672. The molecule has 1 atom stereocenters. The minimum absolute atomic E-state index is 0.107. The minimum atomic E-state index is -0.387. The van der Waals surface area contributed by atoms with Crippen molar-refractivity contribution in [3.8, 4) is 23.0 Å². The maximum absolute atomic E-state index is 13.5. The average Bonchev–Trinajstić information content (AvgIpc) is 3.34. The van der Waals surface area contributed by atoms with Crippen molar-refractivity contribution in [1.29, 1.82) is 0 Å². The number of nitrogens with zero attached hydrogens (tertiary/aromatic N) is 3. The molecule has 1 amide bonds. The highest BCUT2D eigenvalue weighted by Crippen LogP contribution is 2.35. The fourth-order valence-electron chi connectivity index (χ4n) is 3.26. The predicted molar refractivity (Wildman–Crippen MR) is 98.9 cm³/mol. The molecule has 3 aromatic rings. The number of amides is 1. The number of halogens is 1. The third-order valence-corrected chi connectivity index (χ3v) is 4.69. The van der Waals surface area contributed by atoms with Gasteiger partial charge in [0.05, 0.1) is 19.8 Å². The summed E-state index contributed by atoms with van der Waals surface area (Å²) in [5.74, 6) is 1.18. The highest BCUT2D eigenvalue weighted by Gasteiger charge is 2.35. The fraction of sp³-hybridized carbons (Fsp3) is 0.250. The van der Waals surface area contributed by atoms with Crippen molar-refractivity contribution in [2.24, 2.45) is 0 Å². The molecule has 1 fully saturated rings. The van der Waals surface area contributed by atoms with Gasteiger partial charge in [-0.1, -0.05) is 11.2 Å². The lowest BCUT2D eigenvalue weighted by Crippen LogP contribution is -2.24. The molecule has 8 heteroatoms. The Hall–Kier alpha value is -3.42. The molecule has 0 bridgehead atoms. The molecule has 7 nitrogen and oxygen atoms in total. The Bertz CT molecular complexity index is 1020. The normalized spacial score (nSPS) is 16.5.